The Bertz CT molecular complexity index is 550. The lowest BCUT2D eigenvalue weighted by Crippen LogP contribution is -2.31. The molecule has 1 aromatic carbocycles. The Morgan fingerprint density at radius 3 is 2.95 bits per heavy atom. The van der Waals surface area contributed by atoms with Gasteiger partial charge >= 0.3 is 0 Å². The maximum Gasteiger partial charge on any atom is 0.110 e. The van der Waals surface area contributed by atoms with Crippen LogP contribution in [0.5, 0.6) is 0 Å². The van der Waals surface area contributed by atoms with Gasteiger partial charge in [-0.15, -0.1) is 0 Å². The summed E-state index contributed by atoms with van der Waals surface area (Å²) in [4.78, 5) is 4.86. The molecule has 0 saturated carbocycles. The SMILES string of the molecule is CC(C)n1c(CC2CCCNC2)nc2ccccc21. The van der Waals surface area contributed by atoms with Crippen molar-refractivity contribution in [3.05, 3.63) is 30.1 Å². The largest absolute Gasteiger partial charge is 0.325 e. The lowest BCUT2D eigenvalue weighted by molar-refractivity contribution is 0.364. The molecule has 1 fully saturated rings. The maximum absolute atomic E-state index is 4.86. The van der Waals surface area contributed by atoms with Gasteiger partial charge in [-0.25, -0.2) is 4.98 Å². The smallest absolute Gasteiger partial charge is 0.110 e. The number of fused-ring (bicyclic) bond motifs is 1. The summed E-state index contributed by atoms with van der Waals surface area (Å²) in [5, 5.41) is 3.50. The second-order valence-corrected chi connectivity index (χ2v) is 5.90. The minimum Gasteiger partial charge on any atom is -0.325 e. The Morgan fingerprint density at radius 2 is 2.21 bits per heavy atom. The third kappa shape index (κ3) is 2.52. The van der Waals surface area contributed by atoms with Crippen molar-refractivity contribution in [1.29, 1.82) is 0 Å². The van der Waals surface area contributed by atoms with E-state index in [2.05, 4.69) is 48.0 Å². The van der Waals surface area contributed by atoms with E-state index in [0.717, 1.165) is 24.4 Å². The highest BCUT2D eigenvalue weighted by Crippen LogP contribution is 2.24. The normalized spacial score (nSPS) is 20.3. The molecule has 19 heavy (non-hydrogen) atoms. The minimum atomic E-state index is 0.471. The summed E-state index contributed by atoms with van der Waals surface area (Å²) in [7, 11) is 0. The van der Waals surface area contributed by atoms with Crippen LogP contribution in [0.2, 0.25) is 0 Å². The number of benzene rings is 1. The van der Waals surface area contributed by atoms with Crippen LogP contribution in [0.1, 0.15) is 38.6 Å². The Balaban J connectivity index is 1.95. The third-order valence-corrected chi connectivity index (χ3v) is 4.06. The number of hydrogen-bond acceptors (Lipinski definition) is 2. The summed E-state index contributed by atoms with van der Waals surface area (Å²) in [6, 6.07) is 8.96. The molecule has 3 nitrogen and oxygen atoms in total. The van der Waals surface area contributed by atoms with Crippen molar-refractivity contribution in [3.63, 3.8) is 0 Å². The maximum atomic E-state index is 4.86. The van der Waals surface area contributed by atoms with Crippen LogP contribution in [0, 0.1) is 5.92 Å². The summed E-state index contributed by atoms with van der Waals surface area (Å²) in [6.45, 7) is 6.81. The predicted octanol–water partition coefficient (Wildman–Crippen LogP) is 3.16. The van der Waals surface area contributed by atoms with Gasteiger partial charge in [-0.1, -0.05) is 12.1 Å². The van der Waals surface area contributed by atoms with E-state index in [4.69, 9.17) is 4.98 Å². The molecule has 1 N–H and O–H groups in total. The molecule has 0 aliphatic carbocycles. The molecule has 1 atom stereocenters. The number of rotatable bonds is 3. The van der Waals surface area contributed by atoms with Gasteiger partial charge in [0.25, 0.3) is 0 Å². The van der Waals surface area contributed by atoms with Crippen molar-refractivity contribution in [2.24, 2.45) is 5.92 Å². The molecule has 0 radical (unpaired) electrons. The molecular weight excluding hydrogens is 234 g/mol. The standard InChI is InChI=1S/C16H23N3/c1-12(2)19-15-8-4-3-7-14(15)18-16(19)10-13-6-5-9-17-11-13/h3-4,7-8,12-13,17H,5-6,9-11H2,1-2H3. The fourth-order valence-corrected chi connectivity index (χ4v) is 3.17. The van der Waals surface area contributed by atoms with E-state index < -0.39 is 0 Å². The monoisotopic (exact) mass is 257 g/mol. The molecule has 1 aliphatic heterocycles. The number of imidazole rings is 1. The highest BCUT2D eigenvalue weighted by molar-refractivity contribution is 5.76. The van der Waals surface area contributed by atoms with E-state index in [1.165, 1.54) is 30.7 Å². The summed E-state index contributed by atoms with van der Waals surface area (Å²) in [5.74, 6) is 1.99. The van der Waals surface area contributed by atoms with Gasteiger partial charge in [0.2, 0.25) is 0 Å². The summed E-state index contributed by atoms with van der Waals surface area (Å²) < 4.78 is 2.41. The minimum absolute atomic E-state index is 0.471. The number of nitrogens with one attached hydrogen (secondary N) is 1. The summed E-state index contributed by atoms with van der Waals surface area (Å²) >= 11 is 0. The number of piperidine rings is 1. The second-order valence-electron chi connectivity index (χ2n) is 5.90. The number of nitrogens with zero attached hydrogens (tertiary/aromatic N) is 2. The molecule has 0 spiro atoms. The first kappa shape index (κ1) is 12.7. The molecule has 3 heteroatoms. The van der Waals surface area contributed by atoms with Crippen LogP contribution >= 0.6 is 0 Å². The van der Waals surface area contributed by atoms with Crippen LogP contribution in [0.4, 0.5) is 0 Å². The molecule has 1 aromatic heterocycles. The van der Waals surface area contributed by atoms with E-state index >= 15 is 0 Å². The lowest BCUT2D eigenvalue weighted by Gasteiger charge is -2.23. The van der Waals surface area contributed by atoms with Crippen molar-refractivity contribution >= 4 is 11.0 Å². The van der Waals surface area contributed by atoms with Crippen molar-refractivity contribution < 1.29 is 0 Å². The fourth-order valence-electron chi connectivity index (χ4n) is 3.17. The Labute approximate surface area is 115 Å². The van der Waals surface area contributed by atoms with Gasteiger partial charge in [0.1, 0.15) is 5.82 Å². The molecule has 1 aliphatic rings. The van der Waals surface area contributed by atoms with E-state index in [-0.39, 0.29) is 0 Å². The molecule has 2 heterocycles. The van der Waals surface area contributed by atoms with Crippen molar-refractivity contribution in [2.45, 2.75) is 39.2 Å². The van der Waals surface area contributed by atoms with Gasteiger partial charge in [-0.2, -0.15) is 0 Å². The van der Waals surface area contributed by atoms with Crippen LogP contribution in [0.15, 0.2) is 24.3 Å². The Kier molecular flexibility index (Phi) is 3.56. The van der Waals surface area contributed by atoms with Crippen LogP contribution < -0.4 is 5.32 Å². The van der Waals surface area contributed by atoms with E-state index in [1.807, 2.05) is 0 Å². The zero-order valence-electron chi connectivity index (χ0n) is 11.9. The van der Waals surface area contributed by atoms with Gasteiger partial charge in [0.05, 0.1) is 11.0 Å². The van der Waals surface area contributed by atoms with Crippen LogP contribution in [-0.4, -0.2) is 22.6 Å². The van der Waals surface area contributed by atoms with Crippen LogP contribution in [0.25, 0.3) is 11.0 Å². The van der Waals surface area contributed by atoms with Gasteiger partial charge in [0, 0.05) is 12.5 Å². The zero-order chi connectivity index (χ0) is 13.2. The molecule has 1 saturated heterocycles. The Morgan fingerprint density at radius 1 is 1.37 bits per heavy atom. The van der Waals surface area contributed by atoms with Gasteiger partial charge in [-0.3, -0.25) is 0 Å². The van der Waals surface area contributed by atoms with Gasteiger partial charge in [0.15, 0.2) is 0 Å². The molecule has 0 bridgehead atoms. The van der Waals surface area contributed by atoms with Crippen LogP contribution in [-0.2, 0) is 6.42 Å². The first-order valence-electron chi connectivity index (χ1n) is 7.42. The van der Waals surface area contributed by atoms with Crippen molar-refractivity contribution in [2.75, 3.05) is 13.1 Å². The fraction of sp³-hybridized carbons (Fsp3) is 0.562. The summed E-state index contributed by atoms with van der Waals surface area (Å²) in [5.41, 5.74) is 2.41. The zero-order valence-corrected chi connectivity index (χ0v) is 11.9. The highest BCUT2D eigenvalue weighted by atomic mass is 15.1. The summed E-state index contributed by atoms with van der Waals surface area (Å²) in [6.07, 6.45) is 3.72. The number of hydrogen-bond donors (Lipinski definition) is 1. The molecule has 3 rings (SSSR count). The second kappa shape index (κ2) is 5.33. The van der Waals surface area contributed by atoms with Crippen molar-refractivity contribution in [1.82, 2.24) is 14.9 Å². The number of aromatic nitrogens is 2. The molecule has 1 unspecified atom stereocenters. The van der Waals surface area contributed by atoms with Gasteiger partial charge < -0.3 is 9.88 Å². The third-order valence-electron chi connectivity index (χ3n) is 4.06. The van der Waals surface area contributed by atoms with Crippen LogP contribution in [0.3, 0.4) is 0 Å². The quantitative estimate of drug-likeness (QED) is 0.915. The van der Waals surface area contributed by atoms with E-state index in [0.29, 0.717) is 6.04 Å². The highest BCUT2D eigenvalue weighted by Gasteiger charge is 2.19. The number of para-hydroxylation sites is 2. The molecule has 0 amide bonds. The topological polar surface area (TPSA) is 29.9 Å². The first-order valence-corrected chi connectivity index (χ1v) is 7.42. The average molecular weight is 257 g/mol. The van der Waals surface area contributed by atoms with Crippen molar-refractivity contribution in [3.8, 4) is 0 Å². The van der Waals surface area contributed by atoms with E-state index in [1.54, 1.807) is 0 Å². The lowest BCUT2D eigenvalue weighted by atomic mass is 9.96. The first-order chi connectivity index (χ1) is 9.25. The van der Waals surface area contributed by atoms with E-state index in [9.17, 15) is 0 Å². The average Bonchev–Trinajstić information content (AvgIpc) is 2.77. The Hall–Kier alpha value is -1.35. The van der Waals surface area contributed by atoms with Gasteiger partial charge in [-0.05, 0) is 57.8 Å². The predicted molar refractivity (Wildman–Crippen MR) is 79.4 cm³/mol. The molecular formula is C16H23N3. The molecule has 102 valence electrons. The molecule has 2 aromatic rings.